The number of hydrogen-bond acceptors (Lipinski definition) is 4. The molecule has 0 saturated carbocycles. The lowest BCUT2D eigenvalue weighted by Gasteiger charge is -2.06. The maximum Gasteiger partial charge on any atom is 0.220 e. The van der Waals surface area contributed by atoms with Crippen LogP contribution in [0.5, 0.6) is 11.6 Å². The third-order valence-corrected chi connectivity index (χ3v) is 3.08. The molecular weight excluding hydrogens is 244 g/mol. The van der Waals surface area contributed by atoms with E-state index >= 15 is 0 Å². The fraction of sp³-hybridized carbons (Fsp3) is 0.143. The number of benzene rings is 1. The minimum Gasteiger partial charge on any atom is -0.439 e. The van der Waals surface area contributed by atoms with Crippen molar-refractivity contribution in [2.45, 2.75) is 11.8 Å². The third-order valence-electron chi connectivity index (χ3n) is 2.34. The number of rotatable bonds is 3. The van der Waals surface area contributed by atoms with Gasteiger partial charge in [-0.25, -0.2) is 4.98 Å². The van der Waals surface area contributed by atoms with Gasteiger partial charge in [-0.3, -0.25) is 0 Å². The molecule has 0 radical (unpaired) electrons. The summed E-state index contributed by atoms with van der Waals surface area (Å²) in [6.45, 7) is 1.84. The molecule has 0 saturated heterocycles. The summed E-state index contributed by atoms with van der Waals surface area (Å²) in [5, 5.41) is 8.88. The van der Waals surface area contributed by atoms with E-state index in [0.717, 1.165) is 11.4 Å². The van der Waals surface area contributed by atoms with Crippen LogP contribution in [0.2, 0.25) is 0 Å². The lowest BCUT2D eigenvalue weighted by molar-refractivity contribution is 0.461. The molecule has 0 fully saturated rings. The summed E-state index contributed by atoms with van der Waals surface area (Å²) >= 11 is 1.68. The second-order valence-electron chi connectivity index (χ2n) is 3.72. The zero-order valence-electron chi connectivity index (χ0n) is 10.2. The summed E-state index contributed by atoms with van der Waals surface area (Å²) in [4.78, 5) is 5.42. The fourth-order valence-electron chi connectivity index (χ4n) is 1.52. The van der Waals surface area contributed by atoms with Crippen molar-refractivity contribution in [3.63, 3.8) is 0 Å². The summed E-state index contributed by atoms with van der Waals surface area (Å²) in [5.74, 6) is 1.17. The lowest BCUT2D eigenvalue weighted by Crippen LogP contribution is -1.91. The van der Waals surface area contributed by atoms with Gasteiger partial charge in [-0.15, -0.1) is 11.8 Å². The van der Waals surface area contributed by atoms with Gasteiger partial charge in [0, 0.05) is 16.7 Å². The standard InChI is InChI=1S/C14H12N2OS/c1-10-7-11(9-15)8-14(16-10)17-12-3-5-13(18-2)6-4-12/h3-8H,1-2H3. The van der Waals surface area contributed by atoms with Crippen LogP contribution in [0.4, 0.5) is 0 Å². The first kappa shape index (κ1) is 12.5. The van der Waals surface area contributed by atoms with Gasteiger partial charge in [-0.1, -0.05) is 0 Å². The van der Waals surface area contributed by atoms with Crippen LogP contribution < -0.4 is 4.74 Å². The summed E-state index contributed by atoms with van der Waals surface area (Å²) in [6, 6.07) is 13.2. The molecule has 90 valence electrons. The van der Waals surface area contributed by atoms with E-state index in [1.807, 2.05) is 37.4 Å². The van der Waals surface area contributed by atoms with Crippen molar-refractivity contribution in [1.29, 1.82) is 5.26 Å². The van der Waals surface area contributed by atoms with Crippen LogP contribution in [0.1, 0.15) is 11.3 Å². The maximum absolute atomic E-state index is 8.88. The Morgan fingerprint density at radius 2 is 1.94 bits per heavy atom. The van der Waals surface area contributed by atoms with Crippen LogP contribution in [0.15, 0.2) is 41.3 Å². The zero-order chi connectivity index (χ0) is 13.0. The van der Waals surface area contributed by atoms with Crippen LogP contribution in [0, 0.1) is 18.3 Å². The number of thioether (sulfide) groups is 1. The fourth-order valence-corrected chi connectivity index (χ4v) is 1.93. The molecule has 0 atom stereocenters. The van der Waals surface area contributed by atoms with Crippen molar-refractivity contribution >= 4 is 11.8 Å². The molecule has 2 rings (SSSR count). The predicted octanol–water partition coefficient (Wildman–Crippen LogP) is 3.78. The van der Waals surface area contributed by atoms with Crippen molar-refractivity contribution in [2.24, 2.45) is 0 Å². The van der Waals surface area contributed by atoms with Crippen molar-refractivity contribution in [3.8, 4) is 17.7 Å². The number of aryl methyl sites for hydroxylation is 1. The number of aromatic nitrogens is 1. The first-order chi connectivity index (χ1) is 8.71. The summed E-state index contributed by atoms with van der Waals surface area (Å²) in [7, 11) is 0. The monoisotopic (exact) mass is 256 g/mol. The van der Waals surface area contributed by atoms with Crippen LogP contribution in [0.25, 0.3) is 0 Å². The van der Waals surface area contributed by atoms with E-state index in [9.17, 15) is 0 Å². The van der Waals surface area contributed by atoms with Gasteiger partial charge < -0.3 is 4.74 Å². The number of hydrogen-bond donors (Lipinski definition) is 0. The van der Waals surface area contributed by atoms with E-state index < -0.39 is 0 Å². The normalized spacial score (nSPS) is 9.83. The molecule has 2 aromatic rings. The minimum absolute atomic E-state index is 0.448. The highest BCUT2D eigenvalue weighted by atomic mass is 32.2. The van der Waals surface area contributed by atoms with Crippen molar-refractivity contribution in [1.82, 2.24) is 4.98 Å². The summed E-state index contributed by atoms with van der Waals surface area (Å²) in [5.41, 5.74) is 1.32. The molecule has 0 aliphatic carbocycles. The molecular formula is C14H12N2OS. The van der Waals surface area contributed by atoms with Gasteiger partial charge in [0.05, 0.1) is 11.6 Å². The Morgan fingerprint density at radius 1 is 1.22 bits per heavy atom. The van der Waals surface area contributed by atoms with Gasteiger partial charge in [0.15, 0.2) is 0 Å². The van der Waals surface area contributed by atoms with Crippen molar-refractivity contribution in [3.05, 3.63) is 47.7 Å². The highest BCUT2D eigenvalue weighted by molar-refractivity contribution is 7.98. The lowest BCUT2D eigenvalue weighted by atomic mass is 10.2. The molecule has 3 nitrogen and oxygen atoms in total. The van der Waals surface area contributed by atoms with E-state index in [4.69, 9.17) is 10.00 Å². The SMILES string of the molecule is CSc1ccc(Oc2cc(C#N)cc(C)n2)cc1. The van der Waals surface area contributed by atoms with Crippen LogP contribution in [-0.2, 0) is 0 Å². The zero-order valence-corrected chi connectivity index (χ0v) is 11.0. The van der Waals surface area contributed by atoms with E-state index in [1.165, 1.54) is 4.90 Å². The minimum atomic E-state index is 0.448. The predicted molar refractivity (Wildman–Crippen MR) is 72.0 cm³/mol. The number of nitriles is 1. The van der Waals surface area contributed by atoms with E-state index in [-0.39, 0.29) is 0 Å². The third kappa shape index (κ3) is 3.02. The van der Waals surface area contributed by atoms with Gasteiger partial charge in [0.25, 0.3) is 0 Å². The Labute approximate surface area is 110 Å². The Morgan fingerprint density at radius 3 is 2.56 bits per heavy atom. The van der Waals surface area contributed by atoms with Gasteiger partial charge in [0.1, 0.15) is 5.75 Å². The number of pyridine rings is 1. The highest BCUT2D eigenvalue weighted by Gasteiger charge is 2.02. The molecule has 18 heavy (non-hydrogen) atoms. The molecule has 0 spiro atoms. The molecule has 1 aromatic carbocycles. The van der Waals surface area contributed by atoms with Gasteiger partial charge in [-0.05, 0) is 43.5 Å². The molecule has 1 aromatic heterocycles. The van der Waals surface area contributed by atoms with Gasteiger partial charge in [0.2, 0.25) is 5.88 Å². The van der Waals surface area contributed by atoms with Crippen LogP contribution >= 0.6 is 11.8 Å². The van der Waals surface area contributed by atoms with E-state index in [0.29, 0.717) is 11.4 Å². The number of ether oxygens (including phenoxy) is 1. The molecule has 1 heterocycles. The Balaban J connectivity index is 2.22. The van der Waals surface area contributed by atoms with Crippen LogP contribution in [0.3, 0.4) is 0 Å². The molecule has 4 heteroatoms. The first-order valence-corrected chi connectivity index (χ1v) is 6.64. The Bertz CT molecular complexity index is 588. The Hall–Kier alpha value is -1.99. The van der Waals surface area contributed by atoms with Gasteiger partial charge in [-0.2, -0.15) is 5.26 Å². The highest BCUT2D eigenvalue weighted by Crippen LogP contribution is 2.23. The van der Waals surface area contributed by atoms with Gasteiger partial charge >= 0.3 is 0 Å². The Kier molecular flexibility index (Phi) is 3.85. The molecule has 0 unspecified atom stereocenters. The second kappa shape index (κ2) is 5.56. The van der Waals surface area contributed by atoms with E-state index in [1.54, 1.807) is 23.9 Å². The van der Waals surface area contributed by atoms with Crippen LogP contribution in [-0.4, -0.2) is 11.2 Å². The second-order valence-corrected chi connectivity index (χ2v) is 4.60. The van der Waals surface area contributed by atoms with Crippen molar-refractivity contribution in [2.75, 3.05) is 6.26 Å². The molecule has 0 amide bonds. The maximum atomic E-state index is 8.88. The molecule has 0 aliphatic rings. The smallest absolute Gasteiger partial charge is 0.220 e. The summed E-state index contributed by atoms with van der Waals surface area (Å²) in [6.07, 6.45) is 2.02. The quantitative estimate of drug-likeness (QED) is 0.784. The topological polar surface area (TPSA) is 45.9 Å². The van der Waals surface area contributed by atoms with E-state index in [2.05, 4.69) is 11.1 Å². The average Bonchev–Trinajstić information content (AvgIpc) is 2.39. The molecule has 0 bridgehead atoms. The number of nitrogens with zero attached hydrogens (tertiary/aromatic N) is 2. The first-order valence-electron chi connectivity index (χ1n) is 5.42. The molecule has 0 aliphatic heterocycles. The largest absolute Gasteiger partial charge is 0.439 e. The summed E-state index contributed by atoms with van der Waals surface area (Å²) < 4.78 is 5.63. The molecule has 0 N–H and O–H groups in total. The average molecular weight is 256 g/mol. The van der Waals surface area contributed by atoms with Crippen molar-refractivity contribution < 1.29 is 4.74 Å².